The van der Waals surface area contributed by atoms with E-state index in [9.17, 15) is 18.0 Å². The molecule has 2 aromatic carbocycles. The van der Waals surface area contributed by atoms with Gasteiger partial charge < -0.3 is 14.2 Å². The maximum atomic E-state index is 12.8. The maximum Gasteiger partial charge on any atom is 0.416 e. The molecule has 2 rings (SSSR count). The standard InChI is InChI=1S/C19H19F3O4/c1-24-10-11-25-18(23)17(15-7-3-2-4-8-15)26-13-14-6-5-9-16(12-14)19(20,21)22/h2-9,12,17H,10-11,13H2,1H3. The van der Waals surface area contributed by atoms with Crippen LogP contribution in [0.5, 0.6) is 0 Å². The van der Waals surface area contributed by atoms with Crippen molar-refractivity contribution in [1.29, 1.82) is 0 Å². The molecule has 2 aromatic rings. The molecule has 0 aliphatic rings. The number of ether oxygens (including phenoxy) is 3. The van der Waals surface area contributed by atoms with Crippen LogP contribution >= 0.6 is 0 Å². The number of methoxy groups -OCH3 is 1. The van der Waals surface area contributed by atoms with E-state index in [-0.39, 0.29) is 19.8 Å². The average Bonchev–Trinajstić information content (AvgIpc) is 2.62. The van der Waals surface area contributed by atoms with Crippen LogP contribution in [0, 0.1) is 0 Å². The van der Waals surface area contributed by atoms with Gasteiger partial charge in [0, 0.05) is 7.11 Å². The predicted octanol–water partition coefficient (Wildman–Crippen LogP) is 4.15. The zero-order valence-electron chi connectivity index (χ0n) is 14.2. The Morgan fingerprint density at radius 3 is 2.42 bits per heavy atom. The summed E-state index contributed by atoms with van der Waals surface area (Å²) in [5.74, 6) is -0.625. The summed E-state index contributed by atoms with van der Waals surface area (Å²) in [6.07, 6.45) is -5.48. The molecule has 0 saturated heterocycles. The summed E-state index contributed by atoms with van der Waals surface area (Å²) in [7, 11) is 1.48. The SMILES string of the molecule is COCCOC(=O)C(OCc1cccc(C(F)(F)F)c1)c1ccccc1. The van der Waals surface area contributed by atoms with Crippen molar-refractivity contribution in [3.63, 3.8) is 0 Å². The van der Waals surface area contributed by atoms with Crippen LogP contribution in [0.1, 0.15) is 22.8 Å². The molecule has 0 amide bonds. The zero-order valence-corrected chi connectivity index (χ0v) is 14.2. The molecule has 0 aromatic heterocycles. The molecule has 0 bridgehead atoms. The van der Waals surface area contributed by atoms with Crippen molar-refractivity contribution in [2.24, 2.45) is 0 Å². The zero-order chi connectivity index (χ0) is 19.0. The van der Waals surface area contributed by atoms with Gasteiger partial charge in [-0.2, -0.15) is 13.2 Å². The van der Waals surface area contributed by atoms with E-state index in [4.69, 9.17) is 14.2 Å². The van der Waals surface area contributed by atoms with E-state index in [2.05, 4.69) is 0 Å². The lowest BCUT2D eigenvalue weighted by molar-refractivity contribution is -0.160. The Morgan fingerprint density at radius 1 is 1.04 bits per heavy atom. The molecule has 0 fully saturated rings. The first kappa shape index (κ1) is 19.9. The molecule has 1 atom stereocenters. The van der Waals surface area contributed by atoms with Crippen LogP contribution in [0.3, 0.4) is 0 Å². The van der Waals surface area contributed by atoms with E-state index in [1.807, 2.05) is 0 Å². The van der Waals surface area contributed by atoms with Crippen molar-refractivity contribution in [2.75, 3.05) is 20.3 Å². The highest BCUT2D eigenvalue weighted by atomic mass is 19.4. The van der Waals surface area contributed by atoms with Crippen LogP contribution < -0.4 is 0 Å². The Bertz CT molecular complexity index is 701. The second-order valence-electron chi connectivity index (χ2n) is 5.46. The van der Waals surface area contributed by atoms with Gasteiger partial charge in [-0.3, -0.25) is 0 Å². The molecule has 26 heavy (non-hydrogen) atoms. The number of benzene rings is 2. The largest absolute Gasteiger partial charge is 0.461 e. The van der Waals surface area contributed by atoms with Crippen LogP contribution in [-0.2, 0) is 31.8 Å². The van der Waals surface area contributed by atoms with Crippen molar-refractivity contribution in [3.8, 4) is 0 Å². The lowest BCUT2D eigenvalue weighted by Crippen LogP contribution is -2.21. The molecular formula is C19H19F3O4. The fourth-order valence-electron chi connectivity index (χ4n) is 2.25. The molecule has 1 unspecified atom stereocenters. The summed E-state index contributed by atoms with van der Waals surface area (Å²) in [5.41, 5.74) is 0.102. The lowest BCUT2D eigenvalue weighted by Gasteiger charge is -2.18. The topological polar surface area (TPSA) is 44.8 Å². The van der Waals surface area contributed by atoms with Crippen molar-refractivity contribution < 1.29 is 32.2 Å². The minimum Gasteiger partial charge on any atom is -0.461 e. The molecule has 0 saturated carbocycles. The van der Waals surface area contributed by atoms with E-state index in [1.54, 1.807) is 30.3 Å². The number of hydrogen-bond donors (Lipinski definition) is 0. The molecule has 0 aliphatic carbocycles. The van der Waals surface area contributed by atoms with Gasteiger partial charge in [-0.15, -0.1) is 0 Å². The Hall–Kier alpha value is -2.38. The van der Waals surface area contributed by atoms with Gasteiger partial charge in [0.05, 0.1) is 18.8 Å². The summed E-state index contributed by atoms with van der Waals surface area (Å²) in [6, 6.07) is 13.4. The van der Waals surface area contributed by atoms with Crippen LogP contribution in [-0.4, -0.2) is 26.3 Å². The first-order valence-corrected chi connectivity index (χ1v) is 7.90. The molecule has 0 spiro atoms. The molecule has 0 N–H and O–H groups in total. The summed E-state index contributed by atoms with van der Waals surface area (Å²) < 4.78 is 53.9. The lowest BCUT2D eigenvalue weighted by atomic mass is 10.1. The van der Waals surface area contributed by atoms with Gasteiger partial charge in [-0.1, -0.05) is 42.5 Å². The van der Waals surface area contributed by atoms with Gasteiger partial charge in [-0.05, 0) is 23.3 Å². The van der Waals surface area contributed by atoms with Crippen molar-refractivity contribution in [3.05, 3.63) is 71.3 Å². The number of alkyl halides is 3. The number of carbonyl (C=O) groups excluding carboxylic acids is 1. The Morgan fingerprint density at radius 2 is 1.77 bits per heavy atom. The van der Waals surface area contributed by atoms with Gasteiger partial charge in [0.1, 0.15) is 6.61 Å². The summed E-state index contributed by atoms with van der Waals surface area (Å²) in [4.78, 5) is 12.3. The average molecular weight is 368 g/mol. The Kier molecular flexibility index (Phi) is 7.17. The summed E-state index contributed by atoms with van der Waals surface area (Å²) in [5, 5.41) is 0. The van der Waals surface area contributed by atoms with Gasteiger partial charge in [0.15, 0.2) is 6.10 Å². The smallest absolute Gasteiger partial charge is 0.416 e. The van der Waals surface area contributed by atoms with E-state index >= 15 is 0 Å². The number of halogens is 3. The number of hydrogen-bond acceptors (Lipinski definition) is 4. The van der Waals surface area contributed by atoms with E-state index in [0.29, 0.717) is 11.1 Å². The number of rotatable bonds is 8. The predicted molar refractivity (Wildman–Crippen MR) is 88.3 cm³/mol. The van der Waals surface area contributed by atoms with Gasteiger partial charge >= 0.3 is 12.1 Å². The first-order chi connectivity index (χ1) is 12.4. The minimum atomic E-state index is -4.44. The van der Waals surface area contributed by atoms with Gasteiger partial charge in [-0.25, -0.2) is 4.79 Å². The quantitative estimate of drug-likeness (QED) is 0.519. The highest BCUT2D eigenvalue weighted by molar-refractivity contribution is 5.76. The monoisotopic (exact) mass is 368 g/mol. The van der Waals surface area contributed by atoms with Crippen molar-refractivity contribution in [2.45, 2.75) is 18.9 Å². The normalized spacial score (nSPS) is 12.6. The third kappa shape index (κ3) is 5.86. The van der Waals surface area contributed by atoms with Crippen LogP contribution in [0.25, 0.3) is 0 Å². The molecule has 140 valence electrons. The molecule has 4 nitrogen and oxygen atoms in total. The molecule has 0 heterocycles. The first-order valence-electron chi connectivity index (χ1n) is 7.90. The fourth-order valence-corrected chi connectivity index (χ4v) is 2.25. The van der Waals surface area contributed by atoms with E-state index in [0.717, 1.165) is 12.1 Å². The Labute approximate surface area is 149 Å². The molecule has 0 radical (unpaired) electrons. The molecule has 0 aliphatic heterocycles. The van der Waals surface area contributed by atoms with E-state index < -0.39 is 23.8 Å². The minimum absolute atomic E-state index is 0.0611. The van der Waals surface area contributed by atoms with Gasteiger partial charge in [0.2, 0.25) is 0 Å². The van der Waals surface area contributed by atoms with Crippen LogP contribution in [0.4, 0.5) is 13.2 Å². The van der Waals surface area contributed by atoms with Crippen molar-refractivity contribution >= 4 is 5.97 Å². The van der Waals surface area contributed by atoms with E-state index in [1.165, 1.54) is 19.2 Å². The highest BCUT2D eigenvalue weighted by Gasteiger charge is 2.30. The molecular weight excluding hydrogens is 349 g/mol. The second-order valence-corrected chi connectivity index (χ2v) is 5.46. The molecule has 7 heteroatoms. The van der Waals surface area contributed by atoms with Crippen molar-refractivity contribution in [1.82, 2.24) is 0 Å². The maximum absolute atomic E-state index is 12.8. The number of carbonyl (C=O) groups is 1. The number of esters is 1. The van der Waals surface area contributed by atoms with Crippen LogP contribution in [0.2, 0.25) is 0 Å². The summed E-state index contributed by atoms with van der Waals surface area (Å²) in [6.45, 7) is 0.134. The fraction of sp³-hybridized carbons (Fsp3) is 0.316. The summed E-state index contributed by atoms with van der Waals surface area (Å²) >= 11 is 0. The highest BCUT2D eigenvalue weighted by Crippen LogP contribution is 2.30. The van der Waals surface area contributed by atoms with Crippen LogP contribution in [0.15, 0.2) is 54.6 Å². The third-order valence-electron chi connectivity index (χ3n) is 3.52. The second kappa shape index (κ2) is 9.35. The Balaban J connectivity index is 2.11. The van der Waals surface area contributed by atoms with Gasteiger partial charge in [0.25, 0.3) is 0 Å². The third-order valence-corrected chi connectivity index (χ3v) is 3.52.